The molecular formula is C13H11N3O. The highest BCUT2D eigenvalue weighted by atomic mass is 16.5. The van der Waals surface area contributed by atoms with Gasteiger partial charge in [0.1, 0.15) is 11.8 Å². The fourth-order valence-electron chi connectivity index (χ4n) is 1.59. The molecule has 4 heteroatoms. The first-order valence-electron chi connectivity index (χ1n) is 5.11. The van der Waals surface area contributed by atoms with Gasteiger partial charge in [-0.2, -0.15) is 5.26 Å². The molecule has 0 amide bonds. The van der Waals surface area contributed by atoms with Crippen LogP contribution in [0.2, 0.25) is 0 Å². The summed E-state index contributed by atoms with van der Waals surface area (Å²) in [6.07, 6.45) is 3.51. The van der Waals surface area contributed by atoms with Crippen molar-refractivity contribution in [1.29, 1.82) is 5.26 Å². The van der Waals surface area contributed by atoms with Crippen molar-refractivity contribution in [3.05, 3.63) is 41.9 Å². The van der Waals surface area contributed by atoms with Crippen LogP contribution in [-0.4, -0.2) is 17.1 Å². The SMILES string of the molecule is COc1cc(-c2cnccc2C)cc(C#N)n1. The molecule has 84 valence electrons. The summed E-state index contributed by atoms with van der Waals surface area (Å²) >= 11 is 0. The standard InChI is InChI=1S/C13H11N3O/c1-9-3-4-15-8-12(9)10-5-11(7-14)16-13(6-10)17-2/h3-6,8H,1-2H3. The first kappa shape index (κ1) is 11.1. The first-order chi connectivity index (χ1) is 8.24. The topological polar surface area (TPSA) is 58.8 Å². The van der Waals surface area contributed by atoms with Gasteiger partial charge in [0.2, 0.25) is 5.88 Å². The highest BCUT2D eigenvalue weighted by Gasteiger charge is 2.07. The molecule has 0 spiro atoms. The number of pyridine rings is 2. The molecule has 2 aromatic rings. The number of ether oxygens (including phenoxy) is 1. The van der Waals surface area contributed by atoms with Crippen LogP contribution in [0.25, 0.3) is 11.1 Å². The Kier molecular flexibility index (Phi) is 3.01. The van der Waals surface area contributed by atoms with E-state index in [1.54, 1.807) is 24.5 Å². The van der Waals surface area contributed by atoms with E-state index >= 15 is 0 Å². The number of rotatable bonds is 2. The summed E-state index contributed by atoms with van der Waals surface area (Å²) in [7, 11) is 1.53. The molecule has 0 atom stereocenters. The zero-order chi connectivity index (χ0) is 12.3. The van der Waals surface area contributed by atoms with Crippen LogP contribution < -0.4 is 4.74 Å². The van der Waals surface area contributed by atoms with E-state index in [0.717, 1.165) is 16.7 Å². The van der Waals surface area contributed by atoms with Gasteiger partial charge < -0.3 is 4.74 Å². The monoisotopic (exact) mass is 225 g/mol. The predicted octanol–water partition coefficient (Wildman–Crippen LogP) is 2.33. The molecule has 0 bridgehead atoms. The third kappa shape index (κ3) is 2.23. The molecule has 0 radical (unpaired) electrons. The second kappa shape index (κ2) is 4.62. The van der Waals surface area contributed by atoms with Crippen molar-refractivity contribution in [2.75, 3.05) is 7.11 Å². The lowest BCUT2D eigenvalue weighted by molar-refractivity contribution is 0.397. The summed E-state index contributed by atoms with van der Waals surface area (Å²) in [5.41, 5.74) is 3.29. The Hall–Kier alpha value is -2.41. The molecule has 17 heavy (non-hydrogen) atoms. The molecule has 4 nitrogen and oxygen atoms in total. The second-order valence-corrected chi connectivity index (χ2v) is 3.59. The minimum atomic E-state index is 0.336. The van der Waals surface area contributed by atoms with Gasteiger partial charge in [0.05, 0.1) is 7.11 Å². The van der Waals surface area contributed by atoms with Gasteiger partial charge >= 0.3 is 0 Å². The van der Waals surface area contributed by atoms with Crippen molar-refractivity contribution in [1.82, 2.24) is 9.97 Å². The molecule has 2 heterocycles. The summed E-state index contributed by atoms with van der Waals surface area (Å²) in [4.78, 5) is 8.11. The molecule has 0 unspecified atom stereocenters. The Bertz CT molecular complexity index is 587. The van der Waals surface area contributed by atoms with Crippen molar-refractivity contribution in [3.8, 4) is 23.1 Å². The summed E-state index contributed by atoms with van der Waals surface area (Å²) in [5, 5.41) is 8.91. The van der Waals surface area contributed by atoms with E-state index in [1.165, 1.54) is 7.11 Å². The van der Waals surface area contributed by atoms with Gasteiger partial charge in [-0.25, -0.2) is 4.98 Å². The molecule has 0 fully saturated rings. The molecule has 0 N–H and O–H groups in total. The van der Waals surface area contributed by atoms with E-state index in [9.17, 15) is 0 Å². The summed E-state index contributed by atoms with van der Waals surface area (Å²) in [6, 6.07) is 7.47. The second-order valence-electron chi connectivity index (χ2n) is 3.59. The van der Waals surface area contributed by atoms with Gasteiger partial charge in [0, 0.05) is 24.0 Å². The highest BCUT2D eigenvalue weighted by molar-refractivity contribution is 5.67. The lowest BCUT2D eigenvalue weighted by Gasteiger charge is -2.07. The van der Waals surface area contributed by atoms with Crippen LogP contribution in [-0.2, 0) is 0 Å². The van der Waals surface area contributed by atoms with Crippen LogP contribution in [0.3, 0.4) is 0 Å². The third-order valence-electron chi connectivity index (χ3n) is 2.48. The Morgan fingerprint density at radius 1 is 1.35 bits per heavy atom. The minimum Gasteiger partial charge on any atom is -0.481 e. The minimum absolute atomic E-state index is 0.336. The molecule has 2 rings (SSSR count). The van der Waals surface area contributed by atoms with Gasteiger partial charge in [0.15, 0.2) is 0 Å². The number of aromatic nitrogens is 2. The van der Waals surface area contributed by atoms with Gasteiger partial charge in [-0.15, -0.1) is 0 Å². The van der Waals surface area contributed by atoms with E-state index in [1.807, 2.05) is 19.1 Å². The third-order valence-corrected chi connectivity index (χ3v) is 2.48. The average Bonchev–Trinajstić information content (AvgIpc) is 2.38. The van der Waals surface area contributed by atoms with Crippen LogP contribution in [0.4, 0.5) is 0 Å². The van der Waals surface area contributed by atoms with Gasteiger partial charge in [0.25, 0.3) is 0 Å². The van der Waals surface area contributed by atoms with Crippen molar-refractivity contribution < 1.29 is 4.74 Å². The number of hydrogen-bond acceptors (Lipinski definition) is 4. The van der Waals surface area contributed by atoms with Gasteiger partial charge in [-0.1, -0.05) is 0 Å². The molecule has 0 aromatic carbocycles. The highest BCUT2D eigenvalue weighted by Crippen LogP contribution is 2.25. The molecule has 0 aliphatic heterocycles. The zero-order valence-corrected chi connectivity index (χ0v) is 9.64. The van der Waals surface area contributed by atoms with E-state index in [2.05, 4.69) is 9.97 Å². The molecular weight excluding hydrogens is 214 g/mol. The summed E-state index contributed by atoms with van der Waals surface area (Å²) in [6.45, 7) is 2.00. The fourth-order valence-corrected chi connectivity index (χ4v) is 1.59. The number of hydrogen-bond donors (Lipinski definition) is 0. The first-order valence-corrected chi connectivity index (χ1v) is 5.11. The fraction of sp³-hybridized carbons (Fsp3) is 0.154. The van der Waals surface area contributed by atoms with Crippen LogP contribution in [0.5, 0.6) is 5.88 Å². The molecule has 0 saturated heterocycles. The van der Waals surface area contributed by atoms with Crippen molar-refractivity contribution in [2.45, 2.75) is 6.92 Å². The maximum atomic E-state index is 8.91. The quantitative estimate of drug-likeness (QED) is 0.787. The van der Waals surface area contributed by atoms with Crippen LogP contribution in [0, 0.1) is 18.3 Å². The molecule has 0 aliphatic rings. The molecule has 0 aliphatic carbocycles. The lowest BCUT2D eigenvalue weighted by Crippen LogP contribution is -1.93. The number of nitrogens with zero attached hydrogens (tertiary/aromatic N) is 3. The average molecular weight is 225 g/mol. The van der Waals surface area contributed by atoms with Crippen LogP contribution in [0.15, 0.2) is 30.6 Å². The Balaban J connectivity index is 2.60. The van der Waals surface area contributed by atoms with Gasteiger partial charge in [-0.3, -0.25) is 4.98 Å². The number of methoxy groups -OCH3 is 1. The van der Waals surface area contributed by atoms with E-state index in [0.29, 0.717) is 11.6 Å². The smallest absolute Gasteiger partial charge is 0.214 e. The number of nitriles is 1. The number of aryl methyl sites for hydroxylation is 1. The maximum absolute atomic E-state index is 8.91. The van der Waals surface area contributed by atoms with Crippen molar-refractivity contribution >= 4 is 0 Å². The zero-order valence-electron chi connectivity index (χ0n) is 9.64. The predicted molar refractivity (Wildman–Crippen MR) is 63.5 cm³/mol. The van der Waals surface area contributed by atoms with E-state index in [4.69, 9.17) is 10.00 Å². The molecule has 2 aromatic heterocycles. The van der Waals surface area contributed by atoms with Crippen LogP contribution >= 0.6 is 0 Å². The maximum Gasteiger partial charge on any atom is 0.214 e. The lowest BCUT2D eigenvalue weighted by atomic mass is 10.0. The Morgan fingerprint density at radius 2 is 2.18 bits per heavy atom. The van der Waals surface area contributed by atoms with Crippen molar-refractivity contribution in [2.24, 2.45) is 0 Å². The van der Waals surface area contributed by atoms with Crippen LogP contribution in [0.1, 0.15) is 11.3 Å². The Labute approximate surface area is 99.5 Å². The summed E-state index contributed by atoms with van der Waals surface area (Å²) in [5.74, 6) is 0.433. The summed E-state index contributed by atoms with van der Waals surface area (Å²) < 4.78 is 5.08. The Morgan fingerprint density at radius 3 is 2.82 bits per heavy atom. The largest absolute Gasteiger partial charge is 0.481 e. The van der Waals surface area contributed by atoms with Gasteiger partial charge in [-0.05, 0) is 30.2 Å². The van der Waals surface area contributed by atoms with Crippen molar-refractivity contribution in [3.63, 3.8) is 0 Å². The normalized spacial score (nSPS) is 9.71. The molecule has 0 saturated carbocycles. The van der Waals surface area contributed by atoms with E-state index < -0.39 is 0 Å². The van der Waals surface area contributed by atoms with E-state index in [-0.39, 0.29) is 0 Å².